The molecule has 1 aromatic carbocycles. The van der Waals surface area contributed by atoms with Gasteiger partial charge in [0.25, 0.3) is 0 Å². The Bertz CT molecular complexity index is 544. The van der Waals surface area contributed by atoms with Crippen LogP contribution in [0.1, 0.15) is 43.9 Å². The van der Waals surface area contributed by atoms with Crippen LogP contribution in [0.25, 0.3) is 0 Å². The molecule has 0 bridgehead atoms. The van der Waals surface area contributed by atoms with Crippen LogP contribution in [-0.2, 0) is 11.2 Å². The summed E-state index contributed by atoms with van der Waals surface area (Å²) in [4.78, 5) is 14.3. The Labute approximate surface area is 132 Å². The lowest BCUT2D eigenvalue weighted by molar-refractivity contribution is -0.125. The highest BCUT2D eigenvalue weighted by Gasteiger charge is 2.37. The number of carbonyl (C=O) groups is 1. The van der Waals surface area contributed by atoms with Gasteiger partial charge in [0.15, 0.2) is 0 Å². The van der Waals surface area contributed by atoms with Crippen LogP contribution in [0.15, 0.2) is 24.3 Å². The van der Waals surface area contributed by atoms with Gasteiger partial charge >= 0.3 is 0 Å². The number of benzene rings is 1. The van der Waals surface area contributed by atoms with Crippen molar-refractivity contribution in [1.82, 2.24) is 10.2 Å². The van der Waals surface area contributed by atoms with E-state index in [1.54, 1.807) is 0 Å². The normalized spacial score (nSPS) is 28.6. The Morgan fingerprint density at radius 2 is 2.14 bits per heavy atom. The quantitative estimate of drug-likeness (QED) is 0.896. The third-order valence-corrected chi connectivity index (χ3v) is 4.96. The van der Waals surface area contributed by atoms with Gasteiger partial charge in [-0.05, 0) is 36.9 Å². The zero-order valence-corrected chi connectivity index (χ0v) is 13.5. The molecular weight excluding hydrogens is 276 g/mol. The van der Waals surface area contributed by atoms with Crippen molar-refractivity contribution in [3.05, 3.63) is 35.4 Å². The number of aliphatic hydroxyl groups is 1. The Morgan fingerprint density at radius 1 is 1.36 bits per heavy atom. The molecule has 0 radical (unpaired) electrons. The number of rotatable bonds is 3. The van der Waals surface area contributed by atoms with Gasteiger partial charge in [-0.3, -0.25) is 9.69 Å². The van der Waals surface area contributed by atoms with Crippen molar-refractivity contribution in [2.24, 2.45) is 5.92 Å². The molecule has 2 aliphatic rings. The van der Waals surface area contributed by atoms with Crippen LogP contribution in [-0.4, -0.2) is 41.1 Å². The molecule has 3 atom stereocenters. The first-order valence-electron chi connectivity index (χ1n) is 8.36. The van der Waals surface area contributed by atoms with E-state index in [0.717, 1.165) is 37.9 Å². The maximum absolute atomic E-state index is 11.9. The average Bonchev–Trinajstić information content (AvgIpc) is 2.85. The topological polar surface area (TPSA) is 52.6 Å². The van der Waals surface area contributed by atoms with Gasteiger partial charge in [-0.15, -0.1) is 0 Å². The van der Waals surface area contributed by atoms with E-state index in [9.17, 15) is 9.90 Å². The van der Waals surface area contributed by atoms with Crippen LogP contribution in [0.3, 0.4) is 0 Å². The Morgan fingerprint density at radius 3 is 2.86 bits per heavy atom. The molecule has 0 aromatic heterocycles. The van der Waals surface area contributed by atoms with Gasteiger partial charge in [-0.25, -0.2) is 0 Å². The molecule has 0 unspecified atom stereocenters. The summed E-state index contributed by atoms with van der Waals surface area (Å²) >= 11 is 0. The predicted octanol–water partition coefficient (Wildman–Crippen LogP) is 1.88. The third-order valence-electron chi connectivity index (χ3n) is 4.96. The summed E-state index contributed by atoms with van der Waals surface area (Å²) in [6.45, 7) is 5.69. The highest BCUT2D eigenvalue weighted by atomic mass is 16.3. The number of carbonyl (C=O) groups excluding carboxylic acids is 1. The highest BCUT2D eigenvalue weighted by molar-refractivity contribution is 5.78. The van der Waals surface area contributed by atoms with Crippen molar-refractivity contribution in [1.29, 1.82) is 0 Å². The molecule has 2 N–H and O–H groups in total. The van der Waals surface area contributed by atoms with Crippen molar-refractivity contribution < 1.29 is 9.90 Å². The van der Waals surface area contributed by atoms with Crippen molar-refractivity contribution in [3.8, 4) is 0 Å². The number of nitrogens with one attached hydrogen (secondary N) is 1. The highest BCUT2D eigenvalue weighted by Crippen LogP contribution is 2.35. The van der Waals surface area contributed by atoms with Gasteiger partial charge < -0.3 is 10.4 Å². The van der Waals surface area contributed by atoms with Crippen LogP contribution in [0.5, 0.6) is 0 Å². The molecule has 0 saturated carbocycles. The lowest BCUT2D eigenvalue weighted by Crippen LogP contribution is -2.52. The van der Waals surface area contributed by atoms with Crippen molar-refractivity contribution in [2.75, 3.05) is 13.1 Å². The van der Waals surface area contributed by atoms with Crippen LogP contribution >= 0.6 is 0 Å². The smallest absolute Gasteiger partial charge is 0.222 e. The van der Waals surface area contributed by atoms with E-state index in [-0.39, 0.29) is 23.9 Å². The summed E-state index contributed by atoms with van der Waals surface area (Å²) in [5.74, 6) is 0.152. The van der Waals surface area contributed by atoms with E-state index in [1.165, 1.54) is 5.56 Å². The molecule has 1 saturated heterocycles. The first-order valence-corrected chi connectivity index (χ1v) is 8.36. The number of amides is 1. The van der Waals surface area contributed by atoms with Crippen molar-refractivity contribution >= 4 is 5.91 Å². The fourth-order valence-electron chi connectivity index (χ4n) is 3.67. The van der Waals surface area contributed by atoms with Crippen LogP contribution < -0.4 is 5.32 Å². The number of likely N-dealkylation sites (tertiary alicyclic amines) is 1. The minimum Gasteiger partial charge on any atom is -0.387 e. The van der Waals surface area contributed by atoms with E-state index in [0.29, 0.717) is 0 Å². The fraction of sp³-hybridized carbons (Fsp3) is 0.611. The molecule has 1 aromatic rings. The van der Waals surface area contributed by atoms with Gasteiger partial charge in [-0.2, -0.15) is 0 Å². The molecule has 1 amide bonds. The van der Waals surface area contributed by atoms with Crippen LogP contribution in [0.2, 0.25) is 0 Å². The number of piperidine rings is 1. The van der Waals surface area contributed by atoms with E-state index < -0.39 is 6.10 Å². The molecule has 22 heavy (non-hydrogen) atoms. The van der Waals surface area contributed by atoms with E-state index in [1.807, 2.05) is 32.0 Å². The average molecular weight is 302 g/mol. The molecule has 4 heteroatoms. The van der Waals surface area contributed by atoms with Crippen LogP contribution in [0.4, 0.5) is 0 Å². The number of fused-ring (bicyclic) bond motifs is 1. The SMILES string of the molecule is CC(C)C(=O)N[C@@H]1CCCN([C@H]2Cc3ccccc3[C@H]2O)C1. The molecule has 1 aliphatic carbocycles. The lowest BCUT2D eigenvalue weighted by Gasteiger charge is -2.38. The summed E-state index contributed by atoms with van der Waals surface area (Å²) in [5.41, 5.74) is 2.33. The van der Waals surface area contributed by atoms with Gasteiger partial charge in [-0.1, -0.05) is 38.1 Å². The molecular formula is C18H26N2O2. The maximum atomic E-state index is 11.9. The molecule has 0 spiro atoms. The molecule has 1 heterocycles. The summed E-state index contributed by atoms with van der Waals surface area (Å²) in [5, 5.41) is 13.8. The Hall–Kier alpha value is -1.39. The van der Waals surface area contributed by atoms with Crippen molar-refractivity contribution in [3.63, 3.8) is 0 Å². The molecule has 120 valence electrons. The van der Waals surface area contributed by atoms with Gasteiger partial charge in [0.1, 0.15) is 0 Å². The molecule has 1 aliphatic heterocycles. The van der Waals surface area contributed by atoms with E-state index in [4.69, 9.17) is 0 Å². The van der Waals surface area contributed by atoms with E-state index in [2.05, 4.69) is 16.3 Å². The largest absolute Gasteiger partial charge is 0.387 e. The second-order valence-electron chi connectivity index (χ2n) is 6.91. The summed E-state index contributed by atoms with van der Waals surface area (Å²) in [7, 11) is 0. The zero-order chi connectivity index (χ0) is 15.7. The predicted molar refractivity (Wildman–Crippen MR) is 86.5 cm³/mol. The summed E-state index contributed by atoms with van der Waals surface area (Å²) in [6.07, 6.45) is 2.60. The number of hydrogen-bond donors (Lipinski definition) is 2. The summed E-state index contributed by atoms with van der Waals surface area (Å²) < 4.78 is 0. The third kappa shape index (κ3) is 3.03. The first-order chi connectivity index (χ1) is 10.6. The minimum absolute atomic E-state index is 0.0247. The Balaban J connectivity index is 1.65. The van der Waals surface area contributed by atoms with Gasteiger partial charge in [0, 0.05) is 24.5 Å². The molecule has 4 nitrogen and oxygen atoms in total. The maximum Gasteiger partial charge on any atom is 0.222 e. The number of aliphatic hydroxyl groups excluding tert-OH is 1. The van der Waals surface area contributed by atoms with Gasteiger partial charge in [0.05, 0.1) is 6.10 Å². The monoisotopic (exact) mass is 302 g/mol. The zero-order valence-electron chi connectivity index (χ0n) is 13.5. The molecule has 3 rings (SSSR count). The minimum atomic E-state index is -0.407. The first kappa shape index (κ1) is 15.5. The second kappa shape index (κ2) is 6.39. The Kier molecular flexibility index (Phi) is 4.50. The number of nitrogens with zero attached hydrogens (tertiary/aromatic N) is 1. The van der Waals surface area contributed by atoms with E-state index >= 15 is 0 Å². The fourth-order valence-corrected chi connectivity index (χ4v) is 3.67. The van der Waals surface area contributed by atoms with Crippen LogP contribution in [0, 0.1) is 5.92 Å². The molecule has 1 fully saturated rings. The van der Waals surface area contributed by atoms with Crippen molar-refractivity contribution in [2.45, 2.75) is 51.3 Å². The van der Waals surface area contributed by atoms with Gasteiger partial charge in [0.2, 0.25) is 5.91 Å². The standard InChI is InChI=1S/C18H26N2O2/c1-12(2)18(22)19-14-7-5-9-20(11-14)16-10-13-6-3-4-8-15(13)17(16)21/h3-4,6,8,12,14,16-17,21H,5,7,9-11H2,1-2H3,(H,19,22)/t14-,16+,17-/m1/s1. The summed E-state index contributed by atoms with van der Waals surface area (Å²) in [6, 6.07) is 8.53. The number of hydrogen-bond acceptors (Lipinski definition) is 3. The second-order valence-corrected chi connectivity index (χ2v) is 6.91. The lowest BCUT2D eigenvalue weighted by atomic mass is 10.0.